The molecule has 0 fully saturated rings. The third-order valence-electron chi connectivity index (χ3n) is 4.64. The molecule has 1 N–H and O–H groups in total. The number of amides is 2. The summed E-state index contributed by atoms with van der Waals surface area (Å²) in [6.07, 6.45) is 0.452. The van der Waals surface area contributed by atoms with Gasteiger partial charge in [-0.15, -0.1) is 0 Å². The van der Waals surface area contributed by atoms with Gasteiger partial charge in [0.05, 0.1) is 11.4 Å². The number of para-hydroxylation sites is 2. The number of carbonyl (C=O) groups is 3. The Morgan fingerprint density at radius 1 is 1.11 bits per heavy atom. The molecule has 6 nitrogen and oxygen atoms in total. The Balaban J connectivity index is 1.62. The van der Waals surface area contributed by atoms with Crippen molar-refractivity contribution in [2.75, 3.05) is 16.8 Å². The Bertz CT molecular complexity index is 909. The van der Waals surface area contributed by atoms with Gasteiger partial charge < -0.3 is 10.1 Å². The third-order valence-corrected chi connectivity index (χ3v) is 4.64. The number of ether oxygens (including phenoxy) is 1. The zero-order chi connectivity index (χ0) is 20.3. The van der Waals surface area contributed by atoms with E-state index in [1.807, 2.05) is 0 Å². The molecular formula is C21H21FN2O4. The molecule has 2 aromatic carbocycles. The molecule has 0 bridgehead atoms. The first kappa shape index (κ1) is 19.5. The van der Waals surface area contributed by atoms with Gasteiger partial charge in [-0.2, -0.15) is 0 Å². The van der Waals surface area contributed by atoms with Crippen LogP contribution in [-0.2, 0) is 25.5 Å². The fourth-order valence-electron chi connectivity index (χ4n) is 3.07. The van der Waals surface area contributed by atoms with E-state index < -0.39 is 24.0 Å². The number of esters is 1. The second kappa shape index (κ2) is 7.80. The minimum atomic E-state index is -1.12. The van der Waals surface area contributed by atoms with Crippen LogP contribution < -0.4 is 10.2 Å². The summed E-state index contributed by atoms with van der Waals surface area (Å²) < 4.78 is 18.0. The average molecular weight is 384 g/mol. The molecule has 1 aliphatic heterocycles. The monoisotopic (exact) mass is 384 g/mol. The maximum absolute atomic E-state index is 12.9. The normalized spacial score (nSPS) is 14.8. The van der Waals surface area contributed by atoms with Crippen LogP contribution in [0.25, 0.3) is 0 Å². The van der Waals surface area contributed by atoms with E-state index in [4.69, 9.17) is 4.74 Å². The number of anilines is 2. The Kier molecular flexibility index (Phi) is 5.44. The highest BCUT2D eigenvalue weighted by molar-refractivity contribution is 6.14. The highest BCUT2D eigenvalue weighted by Crippen LogP contribution is 2.36. The van der Waals surface area contributed by atoms with Crippen LogP contribution in [0.2, 0.25) is 0 Å². The van der Waals surface area contributed by atoms with Crippen LogP contribution in [0.3, 0.4) is 0 Å². The van der Waals surface area contributed by atoms with E-state index in [9.17, 15) is 18.8 Å². The maximum atomic E-state index is 12.9. The summed E-state index contributed by atoms with van der Waals surface area (Å²) in [5.41, 5.74) is 0.765. The number of carbonyl (C=O) groups excluding carboxylic acids is 3. The SMILES string of the molecule is CC1(C)C(=O)Nc2ccccc2N1C(=O)COC(=O)CCc1ccc(F)cc1. The van der Waals surface area contributed by atoms with Crippen LogP contribution in [-0.4, -0.2) is 29.9 Å². The first-order valence-corrected chi connectivity index (χ1v) is 8.92. The molecule has 0 saturated carbocycles. The Labute approximate surface area is 162 Å². The predicted molar refractivity (Wildman–Crippen MR) is 102 cm³/mol. The molecule has 0 saturated heterocycles. The molecule has 2 amide bonds. The van der Waals surface area contributed by atoms with Crippen molar-refractivity contribution in [1.82, 2.24) is 0 Å². The number of rotatable bonds is 5. The minimum absolute atomic E-state index is 0.0688. The first-order valence-electron chi connectivity index (χ1n) is 8.92. The van der Waals surface area contributed by atoms with Crippen molar-refractivity contribution in [3.63, 3.8) is 0 Å². The van der Waals surface area contributed by atoms with E-state index in [-0.39, 0.29) is 18.1 Å². The molecule has 146 valence electrons. The number of hydrogen-bond acceptors (Lipinski definition) is 4. The molecule has 0 unspecified atom stereocenters. The van der Waals surface area contributed by atoms with Crippen molar-refractivity contribution in [3.8, 4) is 0 Å². The summed E-state index contributed by atoms with van der Waals surface area (Å²) in [7, 11) is 0. The second-order valence-electron chi connectivity index (χ2n) is 7.05. The Morgan fingerprint density at radius 2 is 1.79 bits per heavy atom. The van der Waals surface area contributed by atoms with Gasteiger partial charge in [0.25, 0.3) is 5.91 Å². The molecule has 0 radical (unpaired) electrons. The Morgan fingerprint density at radius 3 is 2.50 bits per heavy atom. The molecule has 0 aromatic heterocycles. The number of hydrogen-bond donors (Lipinski definition) is 1. The van der Waals surface area contributed by atoms with Crippen LogP contribution >= 0.6 is 0 Å². The molecule has 28 heavy (non-hydrogen) atoms. The number of nitrogens with one attached hydrogen (secondary N) is 1. The zero-order valence-electron chi connectivity index (χ0n) is 15.7. The van der Waals surface area contributed by atoms with E-state index in [0.717, 1.165) is 5.56 Å². The summed E-state index contributed by atoms with van der Waals surface area (Å²) in [5.74, 6) is -1.68. The van der Waals surface area contributed by atoms with Crippen LogP contribution in [0.4, 0.5) is 15.8 Å². The summed E-state index contributed by atoms with van der Waals surface area (Å²) in [5, 5.41) is 2.78. The summed E-state index contributed by atoms with van der Waals surface area (Å²) in [6, 6.07) is 12.8. The lowest BCUT2D eigenvalue weighted by Gasteiger charge is -2.41. The lowest BCUT2D eigenvalue weighted by atomic mass is 9.96. The van der Waals surface area contributed by atoms with Crippen molar-refractivity contribution in [3.05, 3.63) is 59.9 Å². The molecule has 1 aliphatic rings. The molecule has 0 spiro atoms. The second-order valence-corrected chi connectivity index (χ2v) is 7.05. The van der Waals surface area contributed by atoms with Crippen molar-refractivity contribution < 1.29 is 23.5 Å². The van der Waals surface area contributed by atoms with Gasteiger partial charge in [0.2, 0.25) is 5.91 Å². The summed E-state index contributed by atoms with van der Waals surface area (Å²) in [4.78, 5) is 38.5. The van der Waals surface area contributed by atoms with Gasteiger partial charge in [-0.25, -0.2) is 4.39 Å². The average Bonchev–Trinajstić information content (AvgIpc) is 2.66. The standard InChI is InChI=1S/C21H21FN2O4/c1-21(2)20(27)23-16-5-3-4-6-17(16)24(21)18(25)13-28-19(26)12-9-14-7-10-15(22)11-8-14/h3-8,10-11H,9,12-13H2,1-2H3,(H,23,27). The highest BCUT2D eigenvalue weighted by atomic mass is 19.1. The number of nitrogens with zero attached hydrogens (tertiary/aromatic N) is 1. The number of halogens is 1. The van der Waals surface area contributed by atoms with Crippen LogP contribution in [0.1, 0.15) is 25.8 Å². The fourth-order valence-corrected chi connectivity index (χ4v) is 3.07. The quantitative estimate of drug-likeness (QED) is 0.804. The smallest absolute Gasteiger partial charge is 0.306 e. The largest absolute Gasteiger partial charge is 0.456 e. The summed E-state index contributed by atoms with van der Waals surface area (Å²) >= 11 is 0. The van der Waals surface area contributed by atoms with Gasteiger partial charge in [0.1, 0.15) is 11.4 Å². The zero-order valence-corrected chi connectivity index (χ0v) is 15.7. The van der Waals surface area contributed by atoms with Crippen LogP contribution in [0.5, 0.6) is 0 Å². The van der Waals surface area contributed by atoms with E-state index in [1.54, 1.807) is 50.2 Å². The van der Waals surface area contributed by atoms with Crippen LogP contribution in [0.15, 0.2) is 48.5 Å². The minimum Gasteiger partial charge on any atom is -0.456 e. The number of fused-ring (bicyclic) bond motifs is 1. The number of aryl methyl sites for hydroxylation is 1. The molecule has 1 heterocycles. The molecule has 0 aliphatic carbocycles. The van der Waals surface area contributed by atoms with E-state index in [1.165, 1.54) is 17.0 Å². The van der Waals surface area contributed by atoms with Crippen molar-refractivity contribution in [2.24, 2.45) is 0 Å². The van der Waals surface area contributed by atoms with Crippen molar-refractivity contribution >= 4 is 29.2 Å². The first-order chi connectivity index (χ1) is 13.3. The van der Waals surface area contributed by atoms with Gasteiger partial charge in [0.15, 0.2) is 6.61 Å². The van der Waals surface area contributed by atoms with Crippen LogP contribution in [0, 0.1) is 5.82 Å². The highest BCUT2D eigenvalue weighted by Gasteiger charge is 2.43. The van der Waals surface area contributed by atoms with E-state index in [2.05, 4.69) is 5.32 Å². The number of benzene rings is 2. The van der Waals surface area contributed by atoms with E-state index in [0.29, 0.717) is 17.8 Å². The Hall–Kier alpha value is -3.22. The van der Waals surface area contributed by atoms with Gasteiger partial charge in [-0.3, -0.25) is 19.3 Å². The lowest BCUT2D eigenvalue weighted by Crippen LogP contribution is -2.59. The molecule has 3 rings (SSSR count). The van der Waals surface area contributed by atoms with Gasteiger partial charge >= 0.3 is 5.97 Å². The third kappa shape index (κ3) is 4.03. The predicted octanol–water partition coefficient (Wildman–Crippen LogP) is 3.07. The van der Waals surface area contributed by atoms with Crippen molar-refractivity contribution in [1.29, 1.82) is 0 Å². The topological polar surface area (TPSA) is 75.7 Å². The molecular weight excluding hydrogens is 363 g/mol. The maximum Gasteiger partial charge on any atom is 0.306 e. The summed E-state index contributed by atoms with van der Waals surface area (Å²) in [6.45, 7) is 2.80. The molecule has 2 aromatic rings. The van der Waals surface area contributed by atoms with Gasteiger partial charge in [-0.05, 0) is 50.1 Å². The molecule has 0 atom stereocenters. The fraction of sp³-hybridized carbons (Fsp3) is 0.286. The molecule has 7 heteroatoms. The van der Waals surface area contributed by atoms with Crippen molar-refractivity contribution in [2.45, 2.75) is 32.2 Å². The van der Waals surface area contributed by atoms with Gasteiger partial charge in [-0.1, -0.05) is 24.3 Å². The van der Waals surface area contributed by atoms with E-state index >= 15 is 0 Å². The lowest BCUT2D eigenvalue weighted by molar-refractivity contribution is -0.148. The van der Waals surface area contributed by atoms with Gasteiger partial charge in [0, 0.05) is 6.42 Å².